The Labute approximate surface area is 156 Å². The van der Waals surface area contributed by atoms with Gasteiger partial charge in [0.25, 0.3) is 11.8 Å². The van der Waals surface area contributed by atoms with Crippen LogP contribution in [0.5, 0.6) is 11.6 Å². The van der Waals surface area contributed by atoms with E-state index < -0.39 is 23.6 Å². The molecule has 3 aromatic rings. The molecule has 0 bridgehead atoms. The first kappa shape index (κ1) is 18.3. The molecule has 1 amide bonds. The van der Waals surface area contributed by atoms with E-state index in [9.17, 15) is 15.0 Å². The highest BCUT2D eigenvalue weighted by Crippen LogP contribution is 2.30. The van der Waals surface area contributed by atoms with E-state index in [1.165, 1.54) is 7.11 Å². The van der Waals surface area contributed by atoms with Gasteiger partial charge in [0.2, 0.25) is 5.75 Å². The van der Waals surface area contributed by atoms with Gasteiger partial charge >= 0.3 is 0 Å². The van der Waals surface area contributed by atoms with Crippen molar-refractivity contribution in [2.45, 2.75) is 12.6 Å². The van der Waals surface area contributed by atoms with Crippen molar-refractivity contribution >= 4 is 5.91 Å². The molecule has 0 saturated heterocycles. The zero-order valence-corrected chi connectivity index (χ0v) is 14.7. The Morgan fingerprint density at radius 3 is 2.30 bits per heavy atom. The monoisotopic (exact) mass is 365 g/mol. The number of aromatic hydroxyl groups is 2. The van der Waals surface area contributed by atoms with E-state index in [2.05, 4.69) is 15.3 Å². The molecular weight excluding hydrogens is 346 g/mol. The number of nitrogens with one attached hydrogen (secondary N) is 1. The lowest BCUT2D eigenvalue weighted by Crippen LogP contribution is -2.25. The molecule has 1 heterocycles. The summed E-state index contributed by atoms with van der Waals surface area (Å²) in [4.78, 5) is 20.5. The number of methoxy groups -OCH3 is 1. The SMILES string of the molecule is COC(c1ccccc1)c1nc(O)c(O)c(C(=O)NCc2ccccc2)n1. The Kier molecular flexibility index (Phi) is 5.63. The minimum Gasteiger partial charge on any atom is -0.501 e. The van der Waals surface area contributed by atoms with Crippen molar-refractivity contribution in [2.24, 2.45) is 0 Å². The highest BCUT2D eigenvalue weighted by Gasteiger charge is 2.24. The lowest BCUT2D eigenvalue weighted by molar-refractivity contribution is 0.0937. The lowest BCUT2D eigenvalue weighted by Gasteiger charge is -2.16. The molecule has 3 rings (SSSR count). The third kappa shape index (κ3) is 4.21. The van der Waals surface area contributed by atoms with Crippen molar-refractivity contribution in [3.63, 3.8) is 0 Å². The molecule has 0 fully saturated rings. The van der Waals surface area contributed by atoms with E-state index in [-0.39, 0.29) is 18.1 Å². The molecule has 1 atom stereocenters. The Balaban J connectivity index is 1.88. The normalized spacial score (nSPS) is 11.7. The van der Waals surface area contributed by atoms with Gasteiger partial charge in [0.15, 0.2) is 11.5 Å². The summed E-state index contributed by atoms with van der Waals surface area (Å²) in [7, 11) is 1.47. The first-order chi connectivity index (χ1) is 13.1. The Bertz CT molecular complexity index is 917. The number of carbonyl (C=O) groups excluding carboxylic acids is 1. The fourth-order valence-electron chi connectivity index (χ4n) is 2.62. The summed E-state index contributed by atoms with van der Waals surface area (Å²) in [6.45, 7) is 0.256. The van der Waals surface area contributed by atoms with Gasteiger partial charge in [-0.2, -0.15) is 4.98 Å². The van der Waals surface area contributed by atoms with Gasteiger partial charge < -0.3 is 20.3 Å². The molecule has 7 nitrogen and oxygen atoms in total. The van der Waals surface area contributed by atoms with Gasteiger partial charge in [-0.05, 0) is 11.1 Å². The standard InChI is InChI=1S/C20H19N3O4/c1-27-17(14-10-6-3-7-11-14)18-22-15(16(24)20(26)23-18)19(25)21-12-13-8-4-2-5-9-13/h2-11,17,24H,12H2,1H3,(H,21,25)(H,22,23,26). The number of benzene rings is 2. The van der Waals surface area contributed by atoms with Crippen molar-refractivity contribution in [3.8, 4) is 11.6 Å². The number of nitrogens with zero attached hydrogens (tertiary/aromatic N) is 2. The summed E-state index contributed by atoms with van der Waals surface area (Å²) < 4.78 is 5.43. The van der Waals surface area contributed by atoms with Crippen molar-refractivity contribution in [1.29, 1.82) is 0 Å². The summed E-state index contributed by atoms with van der Waals surface area (Å²) in [5.74, 6) is -1.91. The highest BCUT2D eigenvalue weighted by atomic mass is 16.5. The van der Waals surface area contributed by atoms with E-state index in [0.29, 0.717) is 0 Å². The van der Waals surface area contributed by atoms with Gasteiger partial charge in [-0.15, -0.1) is 0 Å². The Morgan fingerprint density at radius 1 is 1.04 bits per heavy atom. The number of hydrogen-bond donors (Lipinski definition) is 3. The van der Waals surface area contributed by atoms with E-state index in [4.69, 9.17) is 4.74 Å². The van der Waals surface area contributed by atoms with Crippen LogP contribution in [-0.4, -0.2) is 33.2 Å². The Hall–Kier alpha value is -3.45. The number of rotatable bonds is 6. The predicted molar refractivity (Wildman–Crippen MR) is 98.3 cm³/mol. The fraction of sp³-hybridized carbons (Fsp3) is 0.150. The molecule has 1 unspecified atom stereocenters. The largest absolute Gasteiger partial charge is 0.501 e. The average molecular weight is 365 g/mol. The van der Waals surface area contributed by atoms with Gasteiger partial charge in [-0.1, -0.05) is 60.7 Å². The van der Waals surface area contributed by atoms with Crippen LogP contribution in [-0.2, 0) is 11.3 Å². The molecule has 3 N–H and O–H groups in total. The second-order valence-electron chi connectivity index (χ2n) is 5.80. The number of carbonyl (C=O) groups is 1. The summed E-state index contributed by atoms with van der Waals surface area (Å²) >= 11 is 0. The van der Waals surface area contributed by atoms with Crippen LogP contribution in [0.2, 0.25) is 0 Å². The molecule has 0 radical (unpaired) electrons. The minimum absolute atomic E-state index is 0.0730. The van der Waals surface area contributed by atoms with Crippen LogP contribution in [0.4, 0.5) is 0 Å². The van der Waals surface area contributed by atoms with Gasteiger partial charge in [-0.25, -0.2) is 4.98 Å². The van der Waals surface area contributed by atoms with Crippen molar-refractivity contribution in [2.75, 3.05) is 7.11 Å². The van der Waals surface area contributed by atoms with Crippen LogP contribution < -0.4 is 5.32 Å². The van der Waals surface area contributed by atoms with Crippen LogP contribution in [0.15, 0.2) is 60.7 Å². The fourth-order valence-corrected chi connectivity index (χ4v) is 2.62. The molecule has 0 saturated carbocycles. The highest BCUT2D eigenvalue weighted by molar-refractivity contribution is 5.95. The van der Waals surface area contributed by atoms with Gasteiger partial charge in [0.1, 0.15) is 6.10 Å². The van der Waals surface area contributed by atoms with Crippen LogP contribution in [0, 0.1) is 0 Å². The molecule has 138 valence electrons. The molecule has 2 aromatic carbocycles. The summed E-state index contributed by atoms with van der Waals surface area (Å²) in [6, 6.07) is 18.5. The van der Waals surface area contributed by atoms with E-state index in [1.54, 1.807) is 0 Å². The average Bonchev–Trinajstić information content (AvgIpc) is 2.71. The van der Waals surface area contributed by atoms with Crippen LogP contribution in [0.25, 0.3) is 0 Å². The Morgan fingerprint density at radius 2 is 1.67 bits per heavy atom. The van der Waals surface area contributed by atoms with Crippen molar-refractivity contribution in [3.05, 3.63) is 83.3 Å². The molecule has 0 aliphatic rings. The molecule has 0 spiro atoms. The number of aromatic nitrogens is 2. The maximum absolute atomic E-state index is 12.5. The van der Waals surface area contributed by atoms with Gasteiger partial charge in [0.05, 0.1) is 0 Å². The second-order valence-corrected chi connectivity index (χ2v) is 5.80. The molecule has 27 heavy (non-hydrogen) atoms. The molecule has 0 aliphatic carbocycles. The van der Waals surface area contributed by atoms with Crippen LogP contribution in [0.3, 0.4) is 0 Å². The van der Waals surface area contributed by atoms with Crippen LogP contribution in [0.1, 0.15) is 33.5 Å². The summed E-state index contributed by atoms with van der Waals surface area (Å²) in [5, 5.41) is 22.7. The van der Waals surface area contributed by atoms with E-state index in [1.807, 2.05) is 60.7 Å². The number of ether oxygens (including phenoxy) is 1. The zero-order chi connectivity index (χ0) is 19.2. The smallest absolute Gasteiger partial charge is 0.274 e. The first-order valence-corrected chi connectivity index (χ1v) is 8.30. The third-order valence-electron chi connectivity index (χ3n) is 3.97. The summed E-state index contributed by atoms with van der Waals surface area (Å²) in [6.07, 6.45) is -0.696. The zero-order valence-electron chi connectivity index (χ0n) is 14.7. The maximum atomic E-state index is 12.5. The first-order valence-electron chi connectivity index (χ1n) is 8.30. The maximum Gasteiger partial charge on any atom is 0.274 e. The molecular formula is C20H19N3O4. The van der Waals surface area contributed by atoms with Crippen molar-refractivity contribution in [1.82, 2.24) is 15.3 Å². The topological polar surface area (TPSA) is 105 Å². The number of amides is 1. The van der Waals surface area contributed by atoms with E-state index in [0.717, 1.165) is 11.1 Å². The van der Waals surface area contributed by atoms with Gasteiger partial charge in [0, 0.05) is 13.7 Å². The predicted octanol–water partition coefficient (Wildman–Crippen LogP) is 2.55. The van der Waals surface area contributed by atoms with Crippen molar-refractivity contribution < 1.29 is 19.7 Å². The third-order valence-corrected chi connectivity index (χ3v) is 3.97. The van der Waals surface area contributed by atoms with E-state index >= 15 is 0 Å². The second kappa shape index (κ2) is 8.29. The minimum atomic E-state index is -0.696. The molecule has 7 heteroatoms. The molecule has 0 aliphatic heterocycles. The van der Waals surface area contributed by atoms with Crippen LogP contribution >= 0.6 is 0 Å². The van der Waals surface area contributed by atoms with Gasteiger partial charge in [-0.3, -0.25) is 4.79 Å². The lowest BCUT2D eigenvalue weighted by atomic mass is 10.1. The summed E-state index contributed by atoms with van der Waals surface area (Å²) in [5.41, 5.74) is 1.33. The quantitative estimate of drug-likeness (QED) is 0.620. The number of hydrogen-bond acceptors (Lipinski definition) is 6. The molecule has 1 aromatic heterocycles.